The fourth-order valence-corrected chi connectivity index (χ4v) is 11.4. The first-order chi connectivity index (χ1) is 49.2. The molecule has 4 saturated heterocycles. The molecule has 25 heteroatoms. The van der Waals surface area contributed by atoms with Gasteiger partial charge in [0.05, 0.1) is 57.7 Å². The second-order valence-corrected chi connectivity index (χ2v) is 23.3. The molecule has 2 N–H and O–H groups in total. The highest BCUT2D eigenvalue weighted by Gasteiger charge is 2.58. The first kappa shape index (κ1) is 70.0. The molecule has 520 valence electrons. The van der Waals surface area contributed by atoms with Crippen molar-refractivity contribution in [1.82, 2.24) is 0 Å². The van der Waals surface area contributed by atoms with Crippen LogP contribution in [0.25, 0.3) is 0 Å². The summed E-state index contributed by atoms with van der Waals surface area (Å²) in [4.78, 5) is 111. The Labute approximate surface area is 577 Å². The fourth-order valence-electron chi connectivity index (χ4n) is 11.4. The third-order valence-corrected chi connectivity index (χ3v) is 16.5. The number of aliphatic hydroxyl groups excluding tert-OH is 2. The number of aliphatic hydroxyl groups is 2. The van der Waals surface area contributed by atoms with E-state index in [1.54, 1.807) is 146 Å². The van der Waals surface area contributed by atoms with Gasteiger partial charge in [0.1, 0.15) is 49.8 Å². The zero-order chi connectivity index (χ0) is 70.2. The first-order valence-electron chi connectivity index (χ1n) is 32.1. The van der Waals surface area contributed by atoms with Gasteiger partial charge in [-0.25, -0.2) is 38.4 Å². The van der Waals surface area contributed by atoms with Crippen LogP contribution in [0.2, 0.25) is 0 Å². The standard InChI is InChI=1S/C76H66O25/c77-57-53(92-74(61(57)97-69(82)49-33-17-5-18-34-49)90-44-54-58(95-67(80)47-29-13-3-14-30-47)62(73(86)91-54)98-70(83)50-35-19-6-20-36-50)41-89-75-63(99-71(84)51-37-21-7-22-38-51)60(56(93-75)43-88-66(79)46-27-11-2-12-28-46)101-76-64(100-72(85)52-39-23-8-24-40-52)59(96-68(81)48-31-15-4-16-32-48)55(94-76)42-87-65(78)45-25-9-1-10-26-45/h1-40,53-64,73-77,86H,41-44H2/t53-,54-,55-,56-,57-,58-,59-,60-,61+,62+,63+,64+,73+,74+,75+,76-/m0/s1. The molecule has 0 aliphatic carbocycles. The molecule has 0 saturated carbocycles. The highest BCUT2D eigenvalue weighted by molar-refractivity contribution is 5.93. The Morgan fingerprint density at radius 2 is 0.505 bits per heavy atom. The van der Waals surface area contributed by atoms with Crippen molar-refractivity contribution in [3.8, 4) is 0 Å². The van der Waals surface area contributed by atoms with Crippen LogP contribution in [0.1, 0.15) is 82.9 Å². The van der Waals surface area contributed by atoms with Crippen molar-refractivity contribution < 1.29 is 120 Å². The summed E-state index contributed by atoms with van der Waals surface area (Å²) in [6, 6.07) is 62.6. The highest BCUT2D eigenvalue weighted by atomic mass is 16.8. The topological polar surface area (TPSA) is 315 Å². The lowest BCUT2D eigenvalue weighted by molar-refractivity contribution is -0.219. The number of esters is 8. The minimum absolute atomic E-state index is 0.0260. The molecule has 4 heterocycles. The molecular weight excluding hydrogens is 1310 g/mol. The molecular formula is C76H66O25. The molecule has 8 aromatic carbocycles. The van der Waals surface area contributed by atoms with E-state index in [9.17, 15) is 48.6 Å². The quantitative estimate of drug-likeness (QED) is 0.0387. The van der Waals surface area contributed by atoms with E-state index in [0.717, 1.165) is 0 Å². The number of hydrogen-bond acceptors (Lipinski definition) is 25. The lowest BCUT2D eigenvalue weighted by atomic mass is 10.1. The molecule has 0 aromatic heterocycles. The van der Waals surface area contributed by atoms with Crippen molar-refractivity contribution in [3.05, 3.63) is 287 Å². The van der Waals surface area contributed by atoms with Gasteiger partial charge in [0.2, 0.25) is 0 Å². The van der Waals surface area contributed by atoms with Crippen LogP contribution < -0.4 is 0 Å². The molecule has 0 unspecified atom stereocenters. The number of carbonyl (C=O) groups excluding carboxylic acids is 8. The third-order valence-electron chi connectivity index (χ3n) is 16.5. The maximum absolute atomic E-state index is 14.5. The van der Waals surface area contributed by atoms with Gasteiger partial charge >= 0.3 is 47.8 Å². The number of rotatable bonds is 26. The summed E-state index contributed by atoms with van der Waals surface area (Å²) in [6.45, 7) is -2.67. The predicted octanol–water partition coefficient (Wildman–Crippen LogP) is 7.73. The number of benzene rings is 8. The second kappa shape index (κ2) is 33.3. The maximum atomic E-state index is 14.5. The summed E-state index contributed by atoms with van der Waals surface area (Å²) in [5.74, 6) is -7.15. The predicted molar refractivity (Wildman–Crippen MR) is 347 cm³/mol. The summed E-state index contributed by atoms with van der Waals surface area (Å²) in [6.07, 6.45) is -26.8. The number of carbonyl (C=O) groups is 8. The van der Waals surface area contributed by atoms with Crippen molar-refractivity contribution in [2.24, 2.45) is 0 Å². The van der Waals surface area contributed by atoms with E-state index in [-0.39, 0.29) is 44.5 Å². The average molecular weight is 1380 g/mol. The van der Waals surface area contributed by atoms with Gasteiger partial charge in [-0.1, -0.05) is 146 Å². The Kier molecular flexibility index (Phi) is 23.1. The van der Waals surface area contributed by atoms with Crippen LogP contribution in [0.3, 0.4) is 0 Å². The minimum atomic E-state index is -1.89. The molecule has 0 spiro atoms. The van der Waals surface area contributed by atoms with Crippen molar-refractivity contribution in [1.29, 1.82) is 0 Å². The molecule has 16 atom stereocenters. The molecule has 0 bridgehead atoms. The van der Waals surface area contributed by atoms with Crippen molar-refractivity contribution in [3.63, 3.8) is 0 Å². The first-order valence-corrected chi connectivity index (χ1v) is 32.1. The SMILES string of the molecule is O=C(OC[C@@H]1O[C@@H](O[C@@H]2[C@@H](OC(=O)c3ccccc3)[C@H](OC[C@@H]3O[C@@H](OC[C@@H]4O[C@@H](O)[C@H](OC(=O)c5ccccc5)[C@H]4OC(=O)c4ccccc4)[C@H](OC(=O)c4ccccc4)[C@H]3O)O[C@H]2COC(=O)c2ccccc2)[C@H](OC(=O)c2ccccc2)[C@H]1OC(=O)c1ccccc1)c1ccccc1. The van der Waals surface area contributed by atoms with Crippen molar-refractivity contribution >= 4 is 47.8 Å². The van der Waals surface area contributed by atoms with E-state index in [0.29, 0.717) is 0 Å². The Bertz CT molecular complexity index is 4090. The van der Waals surface area contributed by atoms with Crippen LogP contribution in [0, 0.1) is 0 Å². The summed E-state index contributed by atoms with van der Waals surface area (Å²) in [7, 11) is 0. The van der Waals surface area contributed by atoms with Gasteiger partial charge in [-0.3, -0.25) is 0 Å². The summed E-state index contributed by atoms with van der Waals surface area (Å²) in [5, 5.41) is 23.6. The molecule has 25 nitrogen and oxygen atoms in total. The Morgan fingerprint density at radius 3 is 0.871 bits per heavy atom. The second-order valence-electron chi connectivity index (χ2n) is 23.3. The average Bonchev–Trinajstić information content (AvgIpc) is 1.61. The minimum Gasteiger partial charge on any atom is -0.459 e. The van der Waals surface area contributed by atoms with Gasteiger partial charge in [0.25, 0.3) is 0 Å². The van der Waals surface area contributed by atoms with Gasteiger partial charge in [-0.2, -0.15) is 0 Å². The van der Waals surface area contributed by atoms with Crippen molar-refractivity contribution in [2.75, 3.05) is 26.4 Å². The lowest BCUT2D eigenvalue weighted by Crippen LogP contribution is -2.47. The Hall–Kier alpha value is -10.8. The van der Waals surface area contributed by atoms with Gasteiger partial charge in [-0.05, 0) is 97.1 Å². The maximum Gasteiger partial charge on any atom is 0.338 e. The van der Waals surface area contributed by atoms with Crippen LogP contribution in [0.15, 0.2) is 243 Å². The van der Waals surface area contributed by atoms with Gasteiger partial charge in [0.15, 0.2) is 61.8 Å². The molecule has 0 amide bonds. The van der Waals surface area contributed by atoms with Crippen LogP contribution >= 0.6 is 0 Å². The zero-order valence-electron chi connectivity index (χ0n) is 53.4. The number of hydrogen-bond donors (Lipinski definition) is 2. The normalized spacial score (nSPS) is 25.8. The van der Waals surface area contributed by atoms with E-state index in [2.05, 4.69) is 0 Å². The summed E-state index contributed by atoms with van der Waals surface area (Å²) in [5.41, 5.74) is 0.707. The van der Waals surface area contributed by atoms with E-state index < -0.39 is 173 Å². The number of ether oxygens (including phenoxy) is 15. The summed E-state index contributed by atoms with van der Waals surface area (Å²) < 4.78 is 92.7. The molecule has 101 heavy (non-hydrogen) atoms. The molecule has 8 aromatic rings. The lowest BCUT2D eigenvalue weighted by Gasteiger charge is -2.29. The molecule has 4 fully saturated rings. The molecule has 0 radical (unpaired) electrons. The van der Waals surface area contributed by atoms with Gasteiger partial charge in [-0.15, -0.1) is 0 Å². The van der Waals surface area contributed by atoms with Crippen LogP contribution in [0.4, 0.5) is 0 Å². The van der Waals surface area contributed by atoms with Crippen LogP contribution in [0.5, 0.6) is 0 Å². The fraction of sp³-hybridized carbons (Fsp3) is 0.263. The van der Waals surface area contributed by atoms with Gasteiger partial charge in [0, 0.05) is 0 Å². The molecule has 4 aliphatic rings. The molecule has 4 aliphatic heterocycles. The Morgan fingerprint density at radius 1 is 0.257 bits per heavy atom. The van der Waals surface area contributed by atoms with E-state index in [1.807, 2.05) is 0 Å². The third kappa shape index (κ3) is 17.4. The monoisotopic (exact) mass is 1380 g/mol. The van der Waals surface area contributed by atoms with Crippen LogP contribution in [-0.2, 0) is 71.1 Å². The largest absolute Gasteiger partial charge is 0.459 e. The molecule has 12 rings (SSSR count). The van der Waals surface area contributed by atoms with Gasteiger partial charge < -0.3 is 81.3 Å². The highest BCUT2D eigenvalue weighted by Crippen LogP contribution is 2.38. The smallest absolute Gasteiger partial charge is 0.338 e. The summed E-state index contributed by atoms with van der Waals surface area (Å²) >= 11 is 0. The zero-order valence-corrected chi connectivity index (χ0v) is 53.4. The Balaban J connectivity index is 0.857. The van der Waals surface area contributed by atoms with E-state index in [4.69, 9.17) is 71.1 Å². The van der Waals surface area contributed by atoms with E-state index in [1.165, 1.54) is 97.1 Å². The van der Waals surface area contributed by atoms with E-state index >= 15 is 0 Å². The van der Waals surface area contributed by atoms with Crippen molar-refractivity contribution in [2.45, 2.75) is 98.4 Å². The van der Waals surface area contributed by atoms with Crippen LogP contribution in [-0.4, -0.2) is 183 Å².